The summed E-state index contributed by atoms with van der Waals surface area (Å²) in [6.07, 6.45) is 1.65. The van der Waals surface area contributed by atoms with Gasteiger partial charge in [-0.2, -0.15) is 4.31 Å². The molecule has 1 fully saturated rings. The molecule has 2 aromatic rings. The van der Waals surface area contributed by atoms with Crippen molar-refractivity contribution >= 4 is 37.6 Å². The van der Waals surface area contributed by atoms with Crippen LogP contribution in [0.5, 0.6) is 0 Å². The molecule has 1 N–H and O–H groups in total. The second kappa shape index (κ2) is 7.77. The summed E-state index contributed by atoms with van der Waals surface area (Å²) >= 11 is 3.39. The Morgan fingerprint density at radius 1 is 1.07 bits per heavy atom. The van der Waals surface area contributed by atoms with E-state index >= 15 is 0 Å². The van der Waals surface area contributed by atoms with Crippen molar-refractivity contribution < 1.29 is 18.0 Å². The Bertz CT molecular complexity index is 998. The maximum absolute atomic E-state index is 12.7. The van der Waals surface area contributed by atoms with Gasteiger partial charge in [-0.1, -0.05) is 40.2 Å². The highest BCUT2D eigenvalue weighted by atomic mass is 79.9. The molecule has 0 heterocycles. The van der Waals surface area contributed by atoms with Crippen molar-refractivity contribution in [2.75, 3.05) is 13.6 Å². The summed E-state index contributed by atoms with van der Waals surface area (Å²) in [6, 6.07) is 13.4. The van der Waals surface area contributed by atoms with E-state index in [9.17, 15) is 18.0 Å². The topological polar surface area (TPSA) is 83.6 Å². The largest absolute Gasteiger partial charge is 0.345 e. The molecule has 1 aliphatic rings. The van der Waals surface area contributed by atoms with Gasteiger partial charge in [0.25, 0.3) is 0 Å². The van der Waals surface area contributed by atoms with Crippen molar-refractivity contribution in [1.82, 2.24) is 9.62 Å². The fourth-order valence-corrected chi connectivity index (χ4v) is 4.41. The third-order valence-electron chi connectivity index (χ3n) is 4.86. The molecule has 0 bridgehead atoms. The van der Waals surface area contributed by atoms with Gasteiger partial charge in [0, 0.05) is 17.1 Å². The van der Waals surface area contributed by atoms with Crippen LogP contribution in [0.2, 0.25) is 0 Å². The van der Waals surface area contributed by atoms with Crippen LogP contribution in [-0.2, 0) is 20.4 Å². The Morgan fingerprint density at radius 3 is 2.14 bits per heavy atom. The molecule has 8 heteroatoms. The van der Waals surface area contributed by atoms with E-state index in [-0.39, 0.29) is 23.1 Å². The first kappa shape index (κ1) is 20.7. The molecule has 3 rings (SSSR count). The zero-order valence-corrected chi connectivity index (χ0v) is 18.0. The predicted octanol–water partition coefficient (Wildman–Crippen LogP) is 3.08. The molecule has 0 unspecified atom stereocenters. The van der Waals surface area contributed by atoms with E-state index in [4.69, 9.17) is 0 Å². The van der Waals surface area contributed by atoms with Gasteiger partial charge in [-0.3, -0.25) is 9.59 Å². The summed E-state index contributed by atoms with van der Waals surface area (Å²) in [5, 5.41) is 2.98. The molecule has 0 spiro atoms. The summed E-state index contributed by atoms with van der Waals surface area (Å²) < 4.78 is 27.4. The first-order chi connectivity index (χ1) is 13.1. The maximum Gasteiger partial charge on any atom is 0.243 e. The van der Waals surface area contributed by atoms with Crippen LogP contribution in [0.1, 0.15) is 35.7 Å². The van der Waals surface area contributed by atoms with Crippen molar-refractivity contribution in [1.29, 1.82) is 0 Å². The average Bonchev–Trinajstić information content (AvgIpc) is 3.42. The van der Waals surface area contributed by atoms with Crippen LogP contribution in [0.3, 0.4) is 0 Å². The van der Waals surface area contributed by atoms with Crippen LogP contribution in [0.4, 0.5) is 0 Å². The van der Waals surface area contributed by atoms with E-state index in [1.807, 2.05) is 24.3 Å². The molecule has 0 atom stereocenters. The van der Waals surface area contributed by atoms with Crippen molar-refractivity contribution in [2.24, 2.45) is 0 Å². The van der Waals surface area contributed by atoms with E-state index < -0.39 is 15.6 Å². The maximum atomic E-state index is 12.7. The van der Waals surface area contributed by atoms with E-state index in [1.54, 1.807) is 0 Å². The molecule has 1 amide bonds. The molecule has 148 valence electrons. The minimum absolute atomic E-state index is 0.0434. The molecule has 0 radical (unpaired) electrons. The average molecular weight is 465 g/mol. The number of nitrogens with zero attached hydrogens (tertiary/aromatic N) is 1. The van der Waals surface area contributed by atoms with Gasteiger partial charge in [0.2, 0.25) is 15.9 Å². The van der Waals surface area contributed by atoms with Crippen LogP contribution >= 0.6 is 15.9 Å². The number of Topliss-reactive ketones (excluding diaryl/α,β-unsaturated/α-hetero) is 1. The van der Waals surface area contributed by atoms with E-state index in [0.717, 1.165) is 27.2 Å². The highest BCUT2D eigenvalue weighted by molar-refractivity contribution is 9.10. The standard InChI is InChI=1S/C20H21BrN2O4S/c1-14(24)15-3-9-18(10-4-15)28(26,27)23(2)13-19(25)22-20(11-12-20)16-5-7-17(21)8-6-16/h3-10H,11-13H2,1-2H3,(H,22,25). The molecule has 1 aliphatic carbocycles. The molecule has 1 saturated carbocycles. The summed E-state index contributed by atoms with van der Waals surface area (Å²) in [4.78, 5) is 23.9. The van der Waals surface area contributed by atoms with E-state index in [0.29, 0.717) is 5.56 Å². The molecule has 0 saturated heterocycles. The molecular formula is C20H21BrN2O4S. The van der Waals surface area contributed by atoms with Crippen molar-refractivity contribution in [3.05, 3.63) is 64.1 Å². The number of carbonyl (C=O) groups excluding carboxylic acids is 2. The zero-order valence-electron chi connectivity index (χ0n) is 15.6. The first-order valence-electron chi connectivity index (χ1n) is 8.78. The highest BCUT2D eigenvalue weighted by Gasteiger charge is 2.45. The lowest BCUT2D eigenvalue weighted by Crippen LogP contribution is -2.42. The number of amides is 1. The molecule has 0 aliphatic heterocycles. The van der Waals surface area contributed by atoms with Gasteiger partial charge in [-0.05, 0) is 49.6 Å². The lowest BCUT2D eigenvalue weighted by molar-refractivity contribution is -0.122. The Morgan fingerprint density at radius 2 is 1.64 bits per heavy atom. The number of halogens is 1. The van der Waals surface area contributed by atoms with Gasteiger partial charge in [0.05, 0.1) is 17.0 Å². The Kier molecular flexibility index (Phi) is 5.74. The number of benzene rings is 2. The van der Waals surface area contributed by atoms with Crippen LogP contribution < -0.4 is 5.32 Å². The third-order valence-corrected chi connectivity index (χ3v) is 7.21. The number of hydrogen-bond donors (Lipinski definition) is 1. The van der Waals surface area contributed by atoms with Crippen LogP contribution in [-0.4, -0.2) is 38.0 Å². The van der Waals surface area contributed by atoms with Crippen molar-refractivity contribution in [3.63, 3.8) is 0 Å². The fraction of sp³-hybridized carbons (Fsp3) is 0.300. The lowest BCUT2D eigenvalue weighted by Gasteiger charge is -2.21. The molecule has 0 aromatic heterocycles. The van der Waals surface area contributed by atoms with Gasteiger partial charge in [0.1, 0.15) is 0 Å². The lowest BCUT2D eigenvalue weighted by atomic mass is 10.1. The predicted molar refractivity (Wildman–Crippen MR) is 109 cm³/mol. The Balaban J connectivity index is 1.68. The SMILES string of the molecule is CC(=O)c1ccc(S(=O)(=O)N(C)CC(=O)NC2(c3ccc(Br)cc3)CC2)cc1. The second-order valence-corrected chi connectivity index (χ2v) is 9.94. The molecule has 28 heavy (non-hydrogen) atoms. The minimum Gasteiger partial charge on any atom is -0.345 e. The molecule has 6 nitrogen and oxygen atoms in total. The number of carbonyl (C=O) groups is 2. The Hall–Kier alpha value is -2.03. The van der Waals surface area contributed by atoms with Crippen LogP contribution in [0, 0.1) is 0 Å². The number of ketones is 1. The van der Waals surface area contributed by atoms with Gasteiger partial charge in [0.15, 0.2) is 5.78 Å². The smallest absolute Gasteiger partial charge is 0.243 e. The summed E-state index contributed by atoms with van der Waals surface area (Å²) in [5.41, 5.74) is 1.03. The summed E-state index contributed by atoms with van der Waals surface area (Å²) in [5.74, 6) is -0.494. The van der Waals surface area contributed by atoms with Gasteiger partial charge >= 0.3 is 0 Å². The first-order valence-corrected chi connectivity index (χ1v) is 11.0. The van der Waals surface area contributed by atoms with Crippen LogP contribution in [0.25, 0.3) is 0 Å². The van der Waals surface area contributed by atoms with Crippen molar-refractivity contribution in [2.45, 2.75) is 30.2 Å². The summed E-state index contributed by atoms with van der Waals surface area (Å²) in [7, 11) is -2.46. The number of rotatable bonds is 7. The number of likely N-dealkylation sites (N-methyl/N-ethyl adjacent to an activating group) is 1. The fourth-order valence-electron chi connectivity index (χ4n) is 3.01. The van der Waals surface area contributed by atoms with Gasteiger partial charge < -0.3 is 5.32 Å². The summed E-state index contributed by atoms with van der Waals surface area (Å²) in [6.45, 7) is 1.13. The zero-order chi connectivity index (χ0) is 20.5. The van der Waals surface area contributed by atoms with Crippen molar-refractivity contribution in [3.8, 4) is 0 Å². The third kappa shape index (κ3) is 4.34. The molecular weight excluding hydrogens is 444 g/mol. The monoisotopic (exact) mass is 464 g/mol. The van der Waals surface area contributed by atoms with E-state index in [1.165, 1.54) is 38.2 Å². The molecule has 2 aromatic carbocycles. The normalized spacial score (nSPS) is 15.3. The minimum atomic E-state index is -3.83. The number of hydrogen-bond acceptors (Lipinski definition) is 4. The highest BCUT2D eigenvalue weighted by Crippen LogP contribution is 2.45. The van der Waals surface area contributed by atoms with Crippen LogP contribution in [0.15, 0.2) is 57.9 Å². The number of sulfonamides is 1. The number of nitrogens with one attached hydrogen (secondary N) is 1. The van der Waals surface area contributed by atoms with E-state index in [2.05, 4.69) is 21.2 Å². The Labute approximate surface area is 173 Å². The second-order valence-electron chi connectivity index (χ2n) is 6.98. The van der Waals surface area contributed by atoms with Gasteiger partial charge in [-0.15, -0.1) is 0 Å². The van der Waals surface area contributed by atoms with Gasteiger partial charge in [-0.25, -0.2) is 8.42 Å². The quantitative estimate of drug-likeness (QED) is 0.638.